The molecule has 1 aliphatic rings. The summed E-state index contributed by atoms with van der Waals surface area (Å²) in [6.07, 6.45) is 2.04. The van der Waals surface area contributed by atoms with Gasteiger partial charge in [-0.3, -0.25) is 4.79 Å². The van der Waals surface area contributed by atoms with Crippen molar-refractivity contribution in [1.82, 2.24) is 9.62 Å². The maximum Gasteiger partial charge on any atom is 0.243 e. The summed E-state index contributed by atoms with van der Waals surface area (Å²) in [6.45, 7) is 4.59. The maximum absolute atomic E-state index is 12.9. The summed E-state index contributed by atoms with van der Waals surface area (Å²) in [7, 11) is -3.64. The number of carbonyl (C=O) groups is 1. The van der Waals surface area contributed by atoms with Gasteiger partial charge in [0.15, 0.2) is 0 Å². The van der Waals surface area contributed by atoms with Gasteiger partial charge in [-0.25, -0.2) is 8.42 Å². The number of hydrogen-bond donors (Lipinski definition) is 1. The molecule has 1 aliphatic heterocycles. The lowest BCUT2D eigenvalue weighted by molar-refractivity contribution is -0.127. The summed E-state index contributed by atoms with van der Waals surface area (Å²) in [5.74, 6) is -0.456. The third kappa shape index (κ3) is 5.59. The average molecular weight is 435 g/mol. The molecule has 1 saturated heterocycles. The predicted octanol–water partition coefficient (Wildman–Crippen LogP) is 3.88. The smallest absolute Gasteiger partial charge is 0.243 e. The van der Waals surface area contributed by atoms with Crippen molar-refractivity contribution in [2.45, 2.75) is 43.5 Å². The Hall–Kier alpha value is -1.89. The van der Waals surface area contributed by atoms with E-state index >= 15 is 0 Å². The van der Waals surface area contributed by atoms with Gasteiger partial charge in [0.2, 0.25) is 15.9 Å². The molecule has 3 rings (SSSR count). The van der Waals surface area contributed by atoms with Gasteiger partial charge in [0, 0.05) is 23.7 Å². The molecule has 2 aromatic carbocycles. The van der Waals surface area contributed by atoms with Crippen LogP contribution < -0.4 is 5.32 Å². The molecule has 1 atom stereocenters. The number of rotatable bonds is 6. The first-order chi connectivity index (χ1) is 13.7. The topological polar surface area (TPSA) is 66.5 Å². The Morgan fingerprint density at radius 1 is 1.14 bits per heavy atom. The lowest BCUT2D eigenvalue weighted by atomic mass is 9.92. The van der Waals surface area contributed by atoms with Crippen molar-refractivity contribution >= 4 is 27.5 Å². The molecule has 29 heavy (non-hydrogen) atoms. The second-order valence-corrected chi connectivity index (χ2v) is 10.6. The molecule has 1 amide bonds. The Labute approximate surface area is 178 Å². The number of benzene rings is 2. The van der Waals surface area contributed by atoms with Crippen molar-refractivity contribution in [1.29, 1.82) is 0 Å². The Morgan fingerprint density at radius 2 is 1.79 bits per heavy atom. The fourth-order valence-corrected chi connectivity index (χ4v) is 5.37. The van der Waals surface area contributed by atoms with Crippen LogP contribution in [0.1, 0.15) is 32.3 Å². The minimum absolute atomic E-state index is 0.0954. The SMILES string of the molecule is CC(C)(Cc1ccccc1)NC(=O)[C@@H]1CCCN(S(=O)(=O)c2ccc(Cl)cc2)C1. The highest BCUT2D eigenvalue weighted by Crippen LogP contribution is 2.25. The van der Waals surface area contributed by atoms with Gasteiger partial charge in [0.25, 0.3) is 0 Å². The minimum Gasteiger partial charge on any atom is -0.351 e. The van der Waals surface area contributed by atoms with Gasteiger partial charge in [-0.15, -0.1) is 0 Å². The van der Waals surface area contributed by atoms with Crippen molar-refractivity contribution in [3.8, 4) is 0 Å². The van der Waals surface area contributed by atoms with Gasteiger partial charge in [-0.1, -0.05) is 41.9 Å². The summed E-state index contributed by atoms with van der Waals surface area (Å²) < 4.78 is 27.3. The van der Waals surface area contributed by atoms with Crippen molar-refractivity contribution in [3.05, 3.63) is 65.2 Å². The van der Waals surface area contributed by atoms with Crippen LogP contribution >= 0.6 is 11.6 Å². The van der Waals surface area contributed by atoms with Crippen LogP contribution in [0.3, 0.4) is 0 Å². The number of hydrogen-bond acceptors (Lipinski definition) is 3. The number of halogens is 1. The highest BCUT2D eigenvalue weighted by Gasteiger charge is 2.35. The molecule has 0 unspecified atom stereocenters. The summed E-state index contributed by atoms with van der Waals surface area (Å²) >= 11 is 5.87. The number of piperidine rings is 1. The van der Waals surface area contributed by atoms with E-state index in [1.165, 1.54) is 16.4 Å². The van der Waals surface area contributed by atoms with E-state index in [2.05, 4.69) is 5.32 Å². The molecule has 0 aromatic heterocycles. The largest absolute Gasteiger partial charge is 0.351 e. The van der Waals surface area contributed by atoms with Gasteiger partial charge in [-0.05, 0) is 62.9 Å². The first-order valence-corrected chi connectivity index (χ1v) is 11.6. The van der Waals surface area contributed by atoms with Crippen LogP contribution in [0.25, 0.3) is 0 Å². The molecular weight excluding hydrogens is 408 g/mol. The quantitative estimate of drug-likeness (QED) is 0.750. The van der Waals surface area contributed by atoms with E-state index in [1.807, 2.05) is 44.2 Å². The lowest BCUT2D eigenvalue weighted by Crippen LogP contribution is -2.51. The molecule has 1 heterocycles. The van der Waals surface area contributed by atoms with Crippen LogP contribution in [-0.4, -0.2) is 37.3 Å². The molecule has 1 fully saturated rings. The van der Waals surface area contributed by atoms with Gasteiger partial charge < -0.3 is 5.32 Å². The highest BCUT2D eigenvalue weighted by molar-refractivity contribution is 7.89. The standard InChI is InChI=1S/C22H27ClN2O3S/c1-22(2,15-17-7-4-3-5-8-17)24-21(26)18-9-6-14-25(16-18)29(27,28)20-12-10-19(23)11-13-20/h3-5,7-8,10-13,18H,6,9,14-16H2,1-2H3,(H,24,26)/t18-/m1/s1. The maximum atomic E-state index is 12.9. The Kier molecular flexibility index (Phi) is 6.66. The van der Waals surface area contributed by atoms with E-state index in [0.717, 1.165) is 5.56 Å². The fourth-order valence-electron chi connectivity index (χ4n) is 3.72. The molecule has 2 aromatic rings. The molecule has 0 bridgehead atoms. The molecule has 0 saturated carbocycles. The molecule has 7 heteroatoms. The Balaban J connectivity index is 1.66. The third-order valence-electron chi connectivity index (χ3n) is 5.16. The molecule has 0 radical (unpaired) electrons. The minimum atomic E-state index is -3.64. The zero-order valence-electron chi connectivity index (χ0n) is 16.8. The second-order valence-electron chi connectivity index (χ2n) is 8.19. The average Bonchev–Trinajstić information content (AvgIpc) is 2.68. The van der Waals surface area contributed by atoms with Gasteiger partial charge in [0.05, 0.1) is 10.8 Å². The molecule has 5 nitrogen and oxygen atoms in total. The van der Waals surface area contributed by atoms with E-state index in [0.29, 0.717) is 30.8 Å². The molecular formula is C22H27ClN2O3S. The second kappa shape index (κ2) is 8.86. The predicted molar refractivity (Wildman–Crippen MR) is 115 cm³/mol. The van der Waals surface area contributed by atoms with E-state index in [-0.39, 0.29) is 23.3 Å². The van der Waals surface area contributed by atoms with Crippen molar-refractivity contribution in [2.75, 3.05) is 13.1 Å². The van der Waals surface area contributed by atoms with Gasteiger partial charge >= 0.3 is 0 Å². The van der Waals surface area contributed by atoms with E-state index in [1.54, 1.807) is 12.1 Å². The van der Waals surface area contributed by atoms with Crippen LogP contribution in [-0.2, 0) is 21.2 Å². The van der Waals surface area contributed by atoms with Crippen LogP contribution in [0, 0.1) is 5.92 Å². The van der Waals surface area contributed by atoms with Crippen molar-refractivity contribution in [3.63, 3.8) is 0 Å². The summed E-state index contributed by atoms with van der Waals surface area (Å²) in [5, 5.41) is 3.60. The van der Waals surface area contributed by atoms with Crippen LogP contribution in [0.15, 0.2) is 59.5 Å². The molecule has 156 valence electrons. The van der Waals surface area contributed by atoms with E-state index in [9.17, 15) is 13.2 Å². The van der Waals surface area contributed by atoms with E-state index in [4.69, 9.17) is 11.6 Å². The Morgan fingerprint density at radius 3 is 2.45 bits per heavy atom. The highest BCUT2D eigenvalue weighted by atomic mass is 35.5. The van der Waals surface area contributed by atoms with Crippen LogP contribution in [0.2, 0.25) is 5.02 Å². The molecule has 1 N–H and O–H groups in total. The van der Waals surface area contributed by atoms with E-state index < -0.39 is 15.6 Å². The zero-order chi connectivity index (χ0) is 21.1. The van der Waals surface area contributed by atoms with Crippen LogP contribution in [0.5, 0.6) is 0 Å². The van der Waals surface area contributed by atoms with Crippen molar-refractivity contribution in [2.24, 2.45) is 5.92 Å². The molecule has 0 aliphatic carbocycles. The first-order valence-electron chi connectivity index (χ1n) is 9.79. The lowest BCUT2D eigenvalue weighted by Gasteiger charge is -2.34. The number of carbonyl (C=O) groups excluding carboxylic acids is 1. The third-order valence-corrected chi connectivity index (χ3v) is 7.29. The summed E-state index contributed by atoms with van der Waals surface area (Å²) in [4.78, 5) is 13.1. The summed E-state index contributed by atoms with van der Waals surface area (Å²) in [5.41, 5.74) is 0.726. The number of nitrogens with zero attached hydrogens (tertiary/aromatic N) is 1. The van der Waals surface area contributed by atoms with Gasteiger partial charge in [0.1, 0.15) is 0 Å². The van der Waals surface area contributed by atoms with Crippen molar-refractivity contribution < 1.29 is 13.2 Å². The number of amides is 1. The number of sulfonamides is 1. The Bertz CT molecular complexity index is 944. The normalized spacial score (nSPS) is 18.4. The van der Waals surface area contributed by atoms with Crippen LogP contribution in [0.4, 0.5) is 0 Å². The fraction of sp³-hybridized carbons (Fsp3) is 0.409. The summed E-state index contributed by atoms with van der Waals surface area (Å²) in [6, 6.07) is 16.1. The molecule has 0 spiro atoms. The first kappa shape index (κ1) is 21.8. The number of nitrogens with one attached hydrogen (secondary N) is 1. The van der Waals surface area contributed by atoms with Gasteiger partial charge in [-0.2, -0.15) is 4.31 Å². The monoisotopic (exact) mass is 434 g/mol. The zero-order valence-corrected chi connectivity index (χ0v) is 18.3.